The highest BCUT2D eigenvalue weighted by molar-refractivity contribution is 5.92. The van der Waals surface area contributed by atoms with Gasteiger partial charge in [0.2, 0.25) is 0 Å². The van der Waals surface area contributed by atoms with Crippen LogP contribution in [0.3, 0.4) is 0 Å². The summed E-state index contributed by atoms with van der Waals surface area (Å²) >= 11 is 0. The third-order valence-electron chi connectivity index (χ3n) is 3.40. The molecule has 0 heterocycles. The smallest absolute Gasteiger partial charge is 0.339 e. The Morgan fingerprint density at radius 3 is 2.52 bits per heavy atom. The van der Waals surface area contributed by atoms with Crippen LogP contribution in [0.4, 0.5) is 5.69 Å². The molecule has 3 aromatic rings. The van der Waals surface area contributed by atoms with E-state index in [1.807, 2.05) is 12.1 Å². The SMILES string of the molecule is N#Cc1ccc2cc(Oc3ccc(N)cc3C(=O)O)ccc2c1. The largest absolute Gasteiger partial charge is 0.478 e. The molecule has 0 fully saturated rings. The zero-order chi connectivity index (χ0) is 16.4. The van der Waals surface area contributed by atoms with Gasteiger partial charge in [-0.1, -0.05) is 12.1 Å². The molecule has 23 heavy (non-hydrogen) atoms. The summed E-state index contributed by atoms with van der Waals surface area (Å²) in [7, 11) is 0. The van der Waals surface area contributed by atoms with E-state index in [1.165, 1.54) is 12.1 Å². The van der Waals surface area contributed by atoms with Gasteiger partial charge in [-0.3, -0.25) is 0 Å². The number of hydrogen-bond acceptors (Lipinski definition) is 4. The van der Waals surface area contributed by atoms with Gasteiger partial charge >= 0.3 is 5.97 Å². The first-order valence-electron chi connectivity index (χ1n) is 6.81. The maximum Gasteiger partial charge on any atom is 0.339 e. The summed E-state index contributed by atoms with van der Waals surface area (Å²) in [5, 5.41) is 19.9. The van der Waals surface area contributed by atoms with Crippen molar-refractivity contribution in [1.29, 1.82) is 5.26 Å². The Labute approximate surface area is 132 Å². The normalized spacial score (nSPS) is 10.2. The van der Waals surface area contributed by atoms with Crippen LogP contribution in [-0.2, 0) is 0 Å². The molecule has 0 amide bonds. The van der Waals surface area contributed by atoms with Crippen molar-refractivity contribution in [3.63, 3.8) is 0 Å². The second-order valence-corrected chi connectivity index (χ2v) is 5.00. The van der Waals surface area contributed by atoms with Gasteiger partial charge in [0.25, 0.3) is 0 Å². The van der Waals surface area contributed by atoms with Gasteiger partial charge in [-0.05, 0) is 53.2 Å². The Balaban J connectivity index is 1.99. The van der Waals surface area contributed by atoms with Crippen LogP contribution in [-0.4, -0.2) is 11.1 Å². The number of carboxylic acids is 1. The Bertz CT molecular complexity index is 958. The van der Waals surface area contributed by atoms with Crippen LogP contribution < -0.4 is 10.5 Å². The predicted molar refractivity (Wildman–Crippen MR) is 86.6 cm³/mol. The third-order valence-corrected chi connectivity index (χ3v) is 3.40. The number of aromatic carboxylic acids is 1. The molecule has 3 rings (SSSR count). The molecule has 0 aliphatic rings. The van der Waals surface area contributed by atoms with Crippen molar-refractivity contribution >= 4 is 22.4 Å². The number of ether oxygens (including phenoxy) is 1. The molecule has 0 aromatic heterocycles. The molecule has 5 heteroatoms. The van der Waals surface area contributed by atoms with Gasteiger partial charge in [-0.25, -0.2) is 4.79 Å². The van der Waals surface area contributed by atoms with E-state index in [4.69, 9.17) is 15.7 Å². The Morgan fingerprint density at radius 2 is 1.78 bits per heavy atom. The van der Waals surface area contributed by atoms with Crippen molar-refractivity contribution in [3.8, 4) is 17.6 Å². The van der Waals surface area contributed by atoms with Gasteiger partial charge in [0, 0.05) is 5.69 Å². The quantitative estimate of drug-likeness (QED) is 0.718. The fourth-order valence-electron chi connectivity index (χ4n) is 2.29. The van der Waals surface area contributed by atoms with Crippen LogP contribution in [0.15, 0.2) is 54.6 Å². The number of nitrogen functional groups attached to an aromatic ring is 1. The van der Waals surface area contributed by atoms with E-state index in [0.29, 0.717) is 17.0 Å². The van der Waals surface area contributed by atoms with Crippen molar-refractivity contribution in [2.75, 3.05) is 5.73 Å². The number of benzene rings is 3. The Morgan fingerprint density at radius 1 is 1.04 bits per heavy atom. The summed E-state index contributed by atoms with van der Waals surface area (Å²) in [5.41, 5.74) is 6.56. The molecule has 0 saturated heterocycles. The van der Waals surface area contributed by atoms with Crippen LogP contribution in [0.1, 0.15) is 15.9 Å². The molecule has 112 valence electrons. The number of anilines is 1. The van der Waals surface area contributed by atoms with Crippen molar-refractivity contribution in [2.45, 2.75) is 0 Å². The van der Waals surface area contributed by atoms with E-state index in [-0.39, 0.29) is 11.3 Å². The van der Waals surface area contributed by atoms with Gasteiger partial charge in [-0.2, -0.15) is 5.26 Å². The van der Waals surface area contributed by atoms with Crippen molar-refractivity contribution in [1.82, 2.24) is 0 Å². The highest BCUT2D eigenvalue weighted by atomic mass is 16.5. The molecule has 0 unspecified atom stereocenters. The van der Waals surface area contributed by atoms with E-state index in [9.17, 15) is 9.90 Å². The number of nitrogens with zero attached hydrogens (tertiary/aromatic N) is 1. The van der Waals surface area contributed by atoms with E-state index < -0.39 is 5.97 Å². The summed E-state index contributed by atoms with van der Waals surface area (Å²) < 4.78 is 5.69. The monoisotopic (exact) mass is 304 g/mol. The van der Waals surface area contributed by atoms with Crippen molar-refractivity contribution in [2.24, 2.45) is 0 Å². The highest BCUT2D eigenvalue weighted by Crippen LogP contribution is 2.29. The fraction of sp³-hybridized carbons (Fsp3) is 0. The summed E-state index contributed by atoms with van der Waals surface area (Å²) in [6.07, 6.45) is 0. The lowest BCUT2D eigenvalue weighted by molar-refractivity contribution is 0.0694. The van der Waals surface area contributed by atoms with Crippen molar-refractivity contribution < 1.29 is 14.6 Å². The average Bonchev–Trinajstić information content (AvgIpc) is 2.55. The first-order valence-corrected chi connectivity index (χ1v) is 6.81. The molecule has 3 N–H and O–H groups in total. The van der Waals surface area contributed by atoms with E-state index in [1.54, 1.807) is 30.3 Å². The van der Waals surface area contributed by atoms with E-state index >= 15 is 0 Å². The molecular formula is C18H12N2O3. The maximum absolute atomic E-state index is 11.3. The minimum absolute atomic E-state index is 0.00456. The fourth-order valence-corrected chi connectivity index (χ4v) is 2.29. The van der Waals surface area contributed by atoms with Crippen LogP contribution in [0, 0.1) is 11.3 Å². The molecule has 5 nitrogen and oxygen atoms in total. The first-order chi connectivity index (χ1) is 11.1. The van der Waals surface area contributed by atoms with Gasteiger partial charge in [-0.15, -0.1) is 0 Å². The lowest BCUT2D eigenvalue weighted by Gasteiger charge is -2.10. The number of carbonyl (C=O) groups is 1. The number of fused-ring (bicyclic) bond motifs is 1. The Kier molecular flexibility index (Phi) is 3.57. The van der Waals surface area contributed by atoms with Crippen molar-refractivity contribution in [3.05, 3.63) is 65.7 Å². The summed E-state index contributed by atoms with van der Waals surface area (Å²) in [6.45, 7) is 0. The summed E-state index contributed by atoms with van der Waals surface area (Å²) in [4.78, 5) is 11.3. The molecular weight excluding hydrogens is 292 g/mol. The summed E-state index contributed by atoms with van der Waals surface area (Å²) in [5.74, 6) is -0.374. The molecule has 0 atom stereocenters. The van der Waals surface area contributed by atoms with Crippen LogP contribution >= 0.6 is 0 Å². The molecule has 0 radical (unpaired) electrons. The zero-order valence-electron chi connectivity index (χ0n) is 12.0. The minimum atomic E-state index is -1.10. The number of hydrogen-bond donors (Lipinski definition) is 2. The van der Waals surface area contributed by atoms with Crippen LogP contribution in [0.5, 0.6) is 11.5 Å². The lowest BCUT2D eigenvalue weighted by atomic mass is 10.1. The third kappa shape index (κ3) is 2.92. The standard InChI is InChI=1S/C18H12N2O3/c19-10-11-1-2-13-8-15(5-3-12(13)7-11)23-17-6-4-14(20)9-16(17)18(21)22/h1-9H,20H2,(H,21,22). The van der Waals surface area contributed by atoms with E-state index in [0.717, 1.165) is 10.8 Å². The van der Waals surface area contributed by atoms with Gasteiger partial charge in [0.1, 0.15) is 17.1 Å². The van der Waals surface area contributed by atoms with Crippen LogP contribution in [0.25, 0.3) is 10.8 Å². The number of carboxylic acid groups (broad SMARTS) is 1. The molecule has 3 aromatic carbocycles. The molecule has 0 aliphatic carbocycles. The lowest BCUT2D eigenvalue weighted by Crippen LogP contribution is -2.01. The second kappa shape index (κ2) is 5.70. The topological polar surface area (TPSA) is 96.3 Å². The predicted octanol–water partition coefficient (Wildman–Crippen LogP) is 3.78. The number of nitrogens with two attached hydrogens (primary N) is 1. The van der Waals surface area contributed by atoms with Gasteiger partial charge in [0.15, 0.2) is 0 Å². The molecule has 0 bridgehead atoms. The average molecular weight is 304 g/mol. The molecule has 0 saturated carbocycles. The number of nitriles is 1. The molecule has 0 spiro atoms. The summed E-state index contributed by atoms with van der Waals surface area (Å²) in [6, 6.07) is 17.2. The van der Waals surface area contributed by atoms with Gasteiger partial charge < -0.3 is 15.6 Å². The van der Waals surface area contributed by atoms with E-state index in [2.05, 4.69) is 6.07 Å². The second-order valence-electron chi connectivity index (χ2n) is 5.00. The Hall–Kier alpha value is -3.52. The highest BCUT2D eigenvalue weighted by Gasteiger charge is 2.12. The minimum Gasteiger partial charge on any atom is -0.478 e. The first kappa shape index (κ1) is 14.4. The van der Waals surface area contributed by atoms with Crippen LogP contribution in [0.2, 0.25) is 0 Å². The zero-order valence-corrected chi connectivity index (χ0v) is 12.0. The maximum atomic E-state index is 11.3. The number of rotatable bonds is 3. The van der Waals surface area contributed by atoms with Gasteiger partial charge in [0.05, 0.1) is 11.6 Å². The molecule has 0 aliphatic heterocycles.